The SMILES string of the molecule is O=C(COc1ccc(F)cc1)Nc1ccn(Cc2cccc3ccccc23)n1. The number of amides is 1. The predicted molar refractivity (Wildman–Crippen MR) is 106 cm³/mol. The lowest BCUT2D eigenvalue weighted by atomic mass is 10.0. The Kier molecular flexibility index (Phi) is 5.01. The van der Waals surface area contributed by atoms with E-state index in [0.717, 1.165) is 5.56 Å². The average Bonchev–Trinajstić information content (AvgIpc) is 3.14. The van der Waals surface area contributed by atoms with Crippen molar-refractivity contribution in [2.45, 2.75) is 6.54 Å². The normalized spacial score (nSPS) is 10.8. The molecule has 3 aromatic carbocycles. The van der Waals surface area contributed by atoms with E-state index in [2.05, 4.69) is 34.7 Å². The minimum absolute atomic E-state index is 0.179. The fourth-order valence-corrected chi connectivity index (χ4v) is 2.98. The second-order valence-corrected chi connectivity index (χ2v) is 6.33. The Morgan fingerprint density at radius 3 is 2.64 bits per heavy atom. The molecule has 0 unspecified atom stereocenters. The van der Waals surface area contributed by atoms with Crippen molar-refractivity contribution in [3.8, 4) is 5.75 Å². The largest absolute Gasteiger partial charge is 0.484 e. The molecule has 1 heterocycles. The number of benzene rings is 3. The molecule has 0 saturated carbocycles. The summed E-state index contributed by atoms with van der Waals surface area (Å²) in [5, 5.41) is 9.45. The van der Waals surface area contributed by atoms with E-state index >= 15 is 0 Å². The van der Waals surface area contributed by atoms with E-state index in [4.69, 9.17) is 4.74 Å². The smallest absolute Gasteiger partial charge is 0.263 e. The van der Waals surface area contributed by atoms with Gasteiger partial charge in [-0.05, 0) is 40.6 Å². The molecule has 0 radical (unpaired) electrons. The molecular formula is C22H18FN3O2. The highest BCUT2D eigenvalue weighted by Gasteiger charge is 2.08. The van der Waals surface area contributed by atoms with Crippen LogP contribution in [0, 0.1) is 5.82 Å². The molecular weight excluding hydrogens is 357 g/mol. The molecule has 4 rings (SSSR count). The maximum atomic E-state index is 12.9. The maximum absolute atomic E-state index is 12.9. The zero-order valence-electron chi connectivity index (χ0n) is 15.0. The van der Waals surface area contributed by atoms with Gasteiger partial charge in [0.15, 0.2) is 12.4 Å². The number of aromatic nitrogens is 2. The highest BCUT2D eigenvalue weighted by molar-refractivity contribution is 5.91. The molecule has 0 aliphatic rings. The molecule has 0 aliphatic heterocycles. The molecule has 0 atom stereocenters. The van der Waals surface area contributed by atoms with Crippen LogP contribution in [-0.4, -0.2) is 22.3 Å². The van der Waals surface area contributed by atoms with Gasteiger partial charge in [0.2, 0.25) is 0 Å². The number of carbonyl (C=O) groups is 1. The van der Waals surface area contributed by atoms with Crippen molar-refractivity contribution in [3.05, 3.63) is 90.4 Å². The monoisotopic (exact) mass is 375 g/mol. The van der Waals surface area contributed by atoms with Crippen molar-refractivity contribution in [2.75, 3.05) is 11.9 Å². The first-order chi connectivity index (χ1) is 13.7. The maximum Gasteiger partial charge on any atom is 0.263 e. The Labute approximate surface area is 161 Å². The minimum atomic E-state index is -0.353. The molecule has 0 spiro atoms. The van der Waals surface area contributed by atoms with Gasteiger partial charge in [0.25, 0.3) is 5.91 Å². The molecule has 28 heavy (non-hydrogen) atoms. The number of hydrogen-bond donors (Lipinski definition) is 1. The number of rotatable bonds is 6. The van der Waals surface area contributed by atoms with Crippen molar-refractivity contribution in [3.63, 3.8) is 0 Å². The first-order valence-electron chi connectivity index (χ1n) is 8.86. The van der Waals surface area contributed by atoms with Gasteiger partial charge >= 0.3 is 0 Å². The van der Waals surface area contributed by atoms with Crippen molar-refractivity contribution in [1.82, 2.24) is 9.78 Å². The van der Waals surface area contributed by atoms with E-state index in [9.17, 15) is 9.18 Å². The van der Waals surface area contributed by atoms with Gasteiger partial charge in [0.1, 0.15) is 11.6 Å². The zero-order valence-corrected chi connectivity index (χ0v) is 15.0. The van der Waals surface area contributed by atoms with Crippen LogP contribution < -0.4 is 10.1 Å². The van der Waals surface area contributed by atoms with E-state index in [1.807, 2.05) is 24.4 Å². The lowest BCUT2D eigenvalue weighted by Crippen LogP contribution is -2.20. The molecule has 1 N–H and O–H groups in total. The lowest BCUT2D eigenvalue weighted by molar-refractivity contribution is -0.118. The van der Waals surface area contributed by atoms with Crippen molar-refractivity contribution < 1.29 is 13.9 Å². The first kappa shape index (κ1) is 17.7. The van der Waals surface area contributed by atoms with Crippen LogP contribution in [-0.2, 0) is 11.3 Å². The molecule has 0 bridgehead atoms. The van der Waals surface area contributed by atoms with Crippen molar-refractivity contribution >= 4 is 22.5 Å². The van der Waals surface area contributed by atoms with Gasteiger partial charge in [-0.15, -0.1) is 0 Å². The predicted octanol–water partition coefficient (Wildman–Crippen LogP) is 4.24. The summed E-state index contributed by atoms with van der Waals surface area (Å²) in [4.78, 5) is 12.0. The van der Waals surface area contributed by atoms with E-state index in [1.165, 1.54) is 35.0 Å². The minimum Gasteiger partial charge on any atom is -0.484 e. The number of nitrogens with one attached hydrogen (secondary N) is 1. The van der Waals surface area contributed by atoms with E-state index in [0.29, 0.717) is 18.1 Å². The van der Waals surface area contributed by atoms with E-state index in [-0.39, 0.29) is 18.3 Å². The van der Waals surface area contributed by atoms with Gasteiger partial charge in [0, 0.05) is 12.3 Å². The van der Waals surface area contributed by atoms with Gasteiger partial charge in [-0.3, -0.25) is 9.48 Å². The lowest BCUT2D eigenvalue weighted by Gasteiger charge is -2.07. The standard InChI is InChI=1S/C22H18FN3O2/c23-18-8-10-19(11-9-18)28-15-22(27)24-21-12-13-26(25-21)14-17-6-3-5-16-4-1-2-7-20(16)17/h1-13H,14-15H2,(H,24,25,27). The number of ether oxygens (including phenoxy) is 1. The summed E-state index contributed by atoms with van der Waals surface area (Å²) in [5.41, 5.74) is 1.15. The van der Waals surface area contributed by atoms with E-state index < -0.39 is 0 Å². The fourth-order valence-electron chi connectivity index (χ4n) is 2.98. The molecule has 140 valence electrons. The van der Waals surface area contributed by atoms with Crippen molar-refractivity contribution in [2.24, 2.45) is 0 Å². The second kappa shape index (κ2) is 7.92. The quantitative estimate of drug-likeness (QED) is 0.548. The van der Waals surface area contributed by atoms with Gasteiger partial charge in [-0.1, -0.05) is 42.5 Å². The number of carbonyl (C=O) groups excluding carboxylic acids is 1. The number of anilines is 1. The van der Waals surface area contributed by atoms with Crippen LogP contribution in [0.25, 0.3) is 10.8 Å². The van der Waals surface area contributed by atoms with Gasteiger partial charge in [0.05, 0.1) is 6.54 Å². The summed E-state index contributed by atoms with van der Waals surface area (Å²) in [6.45, 7) is 0.422. The van der Waals surface area contributed by atoms with Crippen LogP contribution in [0.1, 0.15) is 5.56 Å². The second-order valence-electron chi connectivity index (χ2n) is 6.33. The Morgan fingerprint density at radius 2 is 1.79 bits per heavy atom. The number of halogens is 1. The summed E-state index contributed by atoms with van der Waals surface area (Å²) in [7, 11) is 0. The third-order valence-electron chi connectivity index (χ3n) is 4.30. The van der Waals surface area contributed by atoms with Crippen LogP contribution >= 0.6 is 0 Å². The summed E-state index contributed by atoms with van der Waals surface area (Å²) >= 11 is 0. The highest BCUT2D eigenvalue weighted by atomic mass is 19.1. The summed E-state index contributed by atoms with van der Waals surface area (Å²) in [6.07, 6.45) is 1.82. The molecule has 0 aliphatic carbocycles. The number of nitrogens with zero attached hydrogens (tertiary/aromatic N) is 2. The van der Waals surface area contributed by atoms with E-state index in [1.54, 1.807) is 10.7 Å². The van der Waals surface area contributed by atoms with Gasteiger partial charge in [-0.25, -0.2) is 4.39 Å². The topological polar surface area (TPSA) is 56.1 Å². The van der Waals surface area contributed by atoms with Crippen LogP contribution in [0.4, 0.5) is 10.2 Å². The Balaban J connectivity index is 1.37. The summed E-state index contributed by atoms with van der Waals surface area (Å²) in [6, 6.07) is 21.6. The molecule has 5 nitrogen and oxygen atoms in total. The van der Waals surface area contributed by atoms with Crippen LogP contribution in [0.2, 0.25) is 0 Å². The number of hydrogen-bond acceptors (Lipinski definition) is 3. The van der Waals surface area contributed by atoms with Crippen molar-refractivity contribution in [1.29, 1.82) is 0 Å². The zero-order chi connectivity index (χ0) is 19.3. The first-order valence-corrected chi connectivity index (χ1v) is 8.86. The Morgan fingerprint density at radius 1 is 1.00 bits per heavy atom. The van der Waals surface area contributed by atoms with Crippen LogP contribution in [0.15, 0.2) is 79.0 Å². The third-order valence-corrected chi connectivity index (χ3v) is 4.30. The van der Waals surface area contributed by atoms with Gasteiger partial charge in [-0.2, -0.15) is 5.10 Å². The molecule has 0 fully saturated rings. The molecule has 1 aromatic heterocycles. The van der Waals surface area contributed by atoms with Crippen LogP contribution in [0.5, 0.6) is 5.75 Å². The fraction of sp³-hybridized carbons (Fsp3) is 0.0909. The summed E-state index contributed by atoms with van der Waals surface area (Å²) in [5.74, 6) is 0.194. The highest BCUT2D eigenvalue weighted by Crippen LogP contribution is 2.19. The Bertz CT molecular complexity index is 1100. The third kappa shape index (κ3) is 4.17. The number of fused-ring (bicyclic) bond motifs is 1. The summed E-state index contributed by atoms with van der Waals surface area (Å²) < 4.78 is 20.0. The Hall–Kier alpha value is -3.67. The molecule has 6 heteroatoms. The molecule has 0 saturated heterocycles. The average molecular weight is 375 g/mol. The van der Waals surface area contributed by atoms with Gasteiger partial charge < -0.3 is 10.1 Å². The van der Waals surface area contributed by atoms with Crippen LogP contribution in [0.3, 0.4) is 0 Å². The molecule has 4 aromatic rings. The molecule has 1 amide bonds.